The predicted octanol–water partition coefficient (Wildman–Crippen LogP) is 2.54. The first-order valence-electron chi connectivity index (χ1n) is 7.12. The van der Waals surface area contributed by atoms with Crippen LogP contribution in [0.5, 0.6) is 5.75 Å². The molecule has 1 saturated carbocycles. The number of halogens is 2. The Balaban J connectivity index is 1.80. The predicted molar refractivity (Wildman–Crippen MR) is 76.3 cm³/mol. The van der Waals surface area contributed by atoms with E-state index < -0.39 is 6.61 Å². The summed E-state index contributed by atoms with van der Waals surface area (Å²) in [5.41, 5.74) is 6.71. The van der Waals surface area contributed by atoms with Gasteiger partial charge in [-0.15, -0.1) is 0 Å². The summed E-state index contributed by atoms with van der Waals surface area (Å²) in [5.74, 6) is 1.42. The molecule has 0 aromatic heterocycles. The van der Waals surface area contributed by atoms with Crippen molar-refractivity contribution in [1.29, 1.82) is 0 Å². The molecule has 2 aliphatic rings. The van der Waals surface area contributed by atoms with Crippen LogP contribution < -0.4 is 10.5 Å². The van der Waals surface area contributed by atoms with E-state index in [0.29, 0.717) is 18.4 Å². The molecule has 0 saturated heterocycles. The SMILES string of the molecule is CC1(c2ccc(OC(F)F)cc2)CN=C(N)N1CC1CC1. The van der Waals surface area contributed by atoms with Crippen LogP contribution in [0.15, 0.2) is 29.3 Å². The molecule has 1 aromatic carbocycles. The highest BCUT2D eigenvalue weighted by molar-refractivity contribution is 5.81. The van der Waals surface area contributed by atoms with Crippen molar-refractivity contribution in [2.24, 2.45) is 16.6 Å². The number of benzene rings is 1. The molecule has 0 spiro atoms. The van der Waals surface area contributed by atoms with Gasteiger partial charge in [0.15, 0.2) is 5.96 Å². The highest BCUT2D eigenvalue weighted by Crippen LogP contribution is 2.38. The lowest BCUT2D eigenvalue weighted by Crippen LogP contribution is -2.48. The van der Waals surface area contributed by atoms with E-state index in [1.807, 2.05) is 12.1 Å². The highest BCUT2D eigenvalue weighted by Gasteiger charge is 2.41. The maximum absolute atomic E-state index is 12.2. The maximum atomic E-state index is 12.2. The topological polar surface area (TPSA) is 50.9 Å². The fraction of sp³-hybridized carbons (Fsp3) is 0.533. The van der Waals surface area contributed by atoms with Crippen molar-refractivity contribution in [1.82, 2.24) is 4.90 Å². The van der Waals surface area contributed by atoms with Gasteiger partial charge in [-0.25, -0.2) is 0 Å². The van der Waals surface area contributed by atoms with Gasteiger partial charge in [-0.3, -0.25) is 4.99 Å². The molecule has 0 radical (unpaired) electrons. The number of alkyl halides is 2. The Kier molecular flexibility index (Phi) is 3.47. The number of rotatable bonds is 5. The number of ether oxygens (including phenoxy) is 1. The molecule has 0 amide bonds. The molecule has 0 bridgehead atoms. The van der Waals surface area contributed by atoms with E-state index in [-0.39, 0.29) is 11.3 Å². The van der Waals surface area contributed by atoms with Crippen molar-refractivity contribution in [2.45, 2.75) is 31.9 Å². The van der Waals surface area contributed by atoms with Crippen LogP contribution in [-0.4, -0.2) is 30.6 Å². The molecular weight excluding hydrogens is 276 g/mol. The Bertz CT molecular complexity index is 542. The number of hydrogen-bond donors (Lipinski definition) is 1. The van der Waals surface area contributed by atoms with E-state index in [2.05, 4.69) is 21.6 Å². The third kappa shape index (κ3) is 2.80. The van der Waals surface area contributed by atoms with Crippen LogP contribution in [0.2, 0.25) is 0 Å². The summed E-state index contributed by atoms with van der Waals surface area (Å²) in [6.45, 7) is 0.770. The normalized spacial score (nSPS) is 25.3. The molecule has 1 heterocycles. The Morgan fingerprint density at radius 3 is 2.62 bits per heavy atom. The summed E-state index contributed by atoms with van der Waals surface area (Å²) in [4.78, 5) is 6.50. The van der Waals surface area contributed by atoms with Gasteiger partial charge < -0.3 is 15.4 Å². The second kappa shape index (κ2) is 5.16. The minimum Gasteiger partial charge on any atom is -0.435 e. The minimum atomic E-state index is -2.80. The molecule has 1 aliphatic heterocycles. The summed E-state index contributed by atoms with van der Waals surface area (Å²) < 4.78 is 28.8. The molecule has 6 heteroatoms. The van der Waals surface area contributed by atoms with Gasteiger partial charge in [0.1, 0.15) is 5.75 Å². The number of nitrogens with two attached hydrogens (primary N) is 1. The van der Waals surface area contributed by atoms with Gasteiger partial charge in [0.2, 0.25) is 0 Å². The average Bonchev–Trinajstić information content (AvgIpc) is 3.21. The standard InChI is InChI=1S/C15H19F2N3O/c1-15(9-19-14(18)20(15)8-10-2-3-10)11-4-6-12(7-5-11)21-13(16)17/h4-7,10,13H,2-3,8-9H2,1H3,(H2,18,19). The number of nitrogens with zero attached hydrogens (tertiary/aromatic N) is 2. The Labute approximate surface area is 122 Å². The van der Waals surface area contributed by atoms with E-state index in [1.165, 1.54) is 12.8 Å². The molecule has 1 fully saturated rings. The Morgan fingerprint density at radius 1 is 1.38 bits per heavy atom. The monoisotopic (exact) mass is 295 g/mol. The van der Waals surface area contributed by atoms with Gasteiger partial charge in [-0.1, -0.05) is 12.1 Å². The first kappa shape index (κ1) is 14.1. The van der Waals surface area contributed by atoms with Crippen molar-refractivity contribution in [3.05, 3.63) is 29.8 Å². The molecule has 1 atom stereocenters. The van der Waals surface area contributed by atoms with Crippen LogP contribution in [0, 0.1) is 5.92 Å². The molecular formula is C15H19F2N3O. The van der Waals surface area contributed by atoms with Crippen molar-refractivity contribution in [2.75, 3.05) is 13.1 Å². The summed E-state index contributed by atoms with van der Waals surface area (Å²) in [5, 5.41) is 0. The van der Waals surface area contributed by atoms with E-state index in [1.54, 1.807) is 12.1 Å². The van der Waals surface area contributed by atoms with E-state index in [4.69, 9.17) is 5.73 Å². The highest BCUT2D eigenvalue weighted by atomic mass is 19.3. The average molecular weight is 295 g/mol. The molecule has 2 N–H and O–H groups in total. The lowest BCUT2D eigenvalue weighted by atomic mass is 9.91. The van der Waals surface area contributed by atoms with Gasteiger partial charge in [-0.05, 0) is 43.4 Å². The zero-order chi connectivity index (χ0) is 15.0. The lowest BCUT2D eigenvalue weighted by molar-refractivity contribution is -0.0498. The zero-order valence-electron chi connectivity index (χ0n) is 11.9. The molecule has 21 heavy (non-hydrogen) atoms. The zero-order valence-corrected chi connectivity index (χ0v) is 11.9. The van der Waals surface area contributed by atoms with Crippen molar-refractivity contribution >= 4 is 5.96 Å². The second-order valence-electron chi connectivity index (χ2n) is 5.91. The van der Waals surface area contributed by atoms with Crippen LogP contribution in [-0.2, 0) is 5.54 Å². The number of guanidine groups is 1. The van der Waals surface area contributed by atoms with Crippen LogP contribution in [0.4, 0.5) is 8.78 Å². The maximum Gasteiger partial charge on any atom is 0.387 e. The van der Waals surface area contributed by atoms with Gasteiger partial charge in [0.25, 0.3) is 0 Å². The quantitative estimate of drug-likeness (QED) is 0.908. The molecule has 4 nitrogen and oxygen atoms in total. The van der Waals surface area contributed by atoms with Gasteiger partial charge in [0.05, 0.1) is 12.1 Å². The van der Waals surface area contributed by atoms with Crippen LogP contribution in [0.3, 0.4) is 0 Å². The largest absolute Gasteiger partial charge is 0.435 e. The van der Waals surface area contributed by atoms with Crippen LogP contribution >= 0.6 is 0 Å². The smallest absolute Gasteiger partial charge is 0.387 e. The molecule has 114 valence electrons. The van der Waals surface area contributed by atoms with Crippen molar-refractivity contribution in [3.63, 3.8) is 0 Å². The van der Waals surface area contributed by atoms with E-state index >= 15 is 0 Å². The first-order valence-corrected chi connectivity index (χ1v) is 7.12. The second-order valence-corrected chi connectivity index (χ2v) is 5.91. The number of hydrogen-bond acceptors (Lipinski definition) is 4. The fourth-order valence-electron chi connectivity index (χ4n) is 2.75. The minimum absolute atomic E-state index is 0.165. The van der Waals surface area contributed by atoms with E-state index in [0.717, 1.165) is 12.1 Å². The summed E-state index contributed by atoms with van der Waals surface area (Å²) in [6, 6.07) is 6.75. The Hall–Kier alpha value is -1.85. The van der Waals surface area contributed by atoms with Gasteiger partial charge in [-0.2, -0.15) is 8.78 Å². The van der Waals surface area contributed by atoms with Crippen molar-refractivity contribution in [3.8, 4) is 5.75 Å². The first-order chi connectivity index (χ1) is 9.99. The molecule has 3 rings (SSSR count). The summed E-state index contributed by atoms with van der Waals surface area (Å²) >= 11 is 0. The molecule has 1 unspecified atom stereocenters. The van der Waals surface area contributed by atoms with Gasteiger partial charge in [0, 0.05) is 6.54 Å². The number of aliphatic imine (C=N–C) groups is 1. The summed E-state index contributed by atoms with van der Waals surface area (Å²) in [6.07, 6.45) is 2.47. The van der Waals surface area contributed by atoms with Crippen LogP contribution in [0.1, 0.15) is 25.3 Å². The fourth-order valence-corrected chi connectivity index (χ4v) is 2.75. The van der Waals surface area contributed by atoms with Crippen molar-refractivity contribution < 1.29 is 13.5 Å². The van der Waals surface area contributed by atoms with Crippen LogP contribution in [0.25, 0.3) is 0 Å². The van der Waals surface area contributed by atoms with E-state index in [9.17, 15) is 8.78 Å². The summed E-state index contributed by atoms with van der Waals surface area (Å²) in [7, 11) is 0. The lowest BCUT2D eigenvalue weighted by Gasteiger charge is -2.37. The molecule has 1 aliphatic carbocycles. The molecule has 1 aromatic rings. The third-order valence-corrected chi connectivity index (χ3v) is 4.26. The third-order valence-electron chi connectivity index (χ3n) is 4.26. The Morgan fingerprint density at radius 2 is 2.05 bits per heavy atom. The van der Waals surface area contributed by atoms with Gasteiger partial charge >= 0.3 is 6.61 Å².